The molecule has 0 saturated heterocycles. The van der Waals surface area contributed by atoms with Crippen LogP contribution < -0.4 is 11.1 Å². The maximum Gasteiger partial charge on any atom is 0.188 e. The molecule has 2 aromatic rings. The van der Waals surface area contributed by atoms with Crippen LogP contribution in [-0.2, 0) is 13.0 Å². The van der Waals surface area contributed by atoms with Crippen LogP contribution in [0.4, 0.5) is 0 Å². The molecule has 0 spiro atoms. The Labute approximate surface area is 145 Å². The highest BCUT2D eigenvalue weighted by Crippen LogP contribution is 2.10. The summed E-state index contributed by atoms with van der Waals surface area (Å²) < 4.78 is 0. The number of hydrogen-bond donors (Lipinski definition) is 2. The molecule has 6 heteroatoms. The number of halogens is 2. The molecular weight excluding hydrogens is 405 g/mol. The van der Waals surface area contributed by atoms with Crippen LogP contribution in [0.15, 0.2) is 46.8 Å². The van der Waals surface area contributed by atoms with Crippen LogP contribution in [0.3, 0.4) is 0 Å². The molecule has 108 valence electrons. The van der Waals surface area contributed by atoms with Crippen LogP contribution in [0, 0.1) is 0 Å². The Morgan fingerprint density at radius 2 is 2.00 bits per heavy atom. The largest absolute Gasteiger partial charge is 0.370 e. The molecule has 0 fully saturated rings. The Balaban J connectivity index is 0.00000200. The highest BCUT2D eigenvalue weighted by molar-refractivity contribution is 14.0. The molecule has 3 N–H and O–H groups in total. The summed E-state index contributed by atoms with van der Waals surface area (Å²) in [5, 5.41) is 5.92. The summed E-state index contributed by atoms with van der Waals surface area (Å²) in [5.41, 5.74) is 6.90. The Kier molecular flexibility index (Phi) is 7.94. The van der Waals surface area contributed by atoms with Gasteiger partial charge in [0.05, 0.1) is 6.54 Å². The van der Waals surface area contributed by atoms with Gasteiger partial charge >= 0.3 is 0 Å². The van der Waals surface area contributed by atoms with E-state index < -0.39 is 0 Å². The maximum atomic E-state index is 5.82. The first-order chi connectivity index (χ1) is 9.24. The molecule has 0 amide bonds. The van der Waals surface area contributed by atoms with E-state index in [4.69, 9.17) is 17.3 Å². The minimum atomic E-state index is 0. The van der Waals surface area contributed by atoms with Crippen molar-refractivity contribution >= 4 is 52.9 Å². The van der Waals surface area contributed by atoms with Crippen molar-refractivity contribution in [3.05, 3.63) is 57.2 Å². The van der Waals surface area contributed by atoms with E-state index in [0.29, 0.717) is 12.5 Å². The second kappa shape index (κ2) is 9.20. The van der Waals surface area contributed by atoms with Crippen molar-refractivity contribution in [1.82, 2.24) is 5.32 Å². The quantitative estimate of drug-likeness (QED) is 0.440. The number of benzene rings is 1. The molecule has 0 aliphatic carbocycles. The number of nitrogens with zero attached hydrogens (tertiary/aromatic N) is 1. The highest BCUT2D eigenvalue weighted by Gasteiger charge is 1.96. The lowest BCUT2D eigenvalue weighted by atomic mass is 10.2. The normalized spacial score (nSPS) is 10.9. The number of thiophene rings is 1. The number of guanidine groups is 1. The van der Waals surface area contributed by atoms with E-state index in [-0.39, 0.29) is 24.0 Å². The number of aliphatic imine (C=N–C) groups is 1. The fourth-order valence-electron chi connectivity index (χ4n) is 1.59. The van der Waals surface area contributed by atoms with Gasteiger partial charge in [-0.3, -0.25) is 0 Å². The summed E-state index contributed by atoms with van der Waals surface area (Å²) in [6.07, 6.45) is 0.967. The van der Waals surface area contributed by atoms with Gasteiger partial charge in [0.25, 0.3) is 0 Å². The second-order valence-corrected chi connectivity index (χ2v) is 5.55. The van der Waals surface area contributed by atoms with Gasteiger partial charge in [-0.2, -0.15) is 0 Å². The monoisotopic (exact) mass is 421 g/mol. The summed E-state index contributed by atoms with van der Waals surface area (Å²) >= 11 is 7.57. The minimum Gasteiger partial charge on any atom is -0.370 e. The molecule has 20 heavy (non-hydrogen) atoms. The standard InChI is InChI=1S/C14H16ClN3S.HI/c15-12-5-3-11(4-6-12)10-18-14(16)17-8-7-13-2-1-9-19-13;/h1-6,9H,7-8,10H2,(H3,16,17,18);1H. The summed E-state index contributed by atoms with van der Waals surface area (Å²) in [7, 11) is 0. The molecule has 0 atom stereocenters. The fraction of sp³-hybridized carbons (Fsp3) is 0.214. The highest BCUT2D eigenvalue weighted by atomic mass is 127. The first-order valence-electron chi connectivity index (χ1n) is 6.04. The van der Waals surface area contributed by atoms with Crippen molar-refractivity contribution in [3.63, 3.8) is 0 Å². The minimum absolute atomic E-state index is 0. The topological polar surface area (TPSA) is 50.4 Å². The smallest absolute Gasteiger partial charge is 0.188 e. The number of hydrogen-bond acceptors (Lipinski definition) is 2. The Morgan fingerprint density at radius 3 is 2.65 bits per heavy atom. The van der Waals surface area contributed by atoms with Crippen LogP contribution in [0.25, 0.3) is 0 Å². The molecule has 0 bridgehead atoms. The second-order valence-electron chi connectivity index (χ2n) is 4.08. The summed E-state index contributed by atoms with van der Waals surface area (Å²) in [5.74, 6) is 0.478. The van der Waals surface area contributed by atoms with E-state index in [1.54, 1.807) is 11.3 Å². The molecule has 1 heterocycles. The Hall–Kier alpha value is -0.790. The third-order valence-electron chi connectivity index (χ3n) is 2.60. The predicted molar refractivity (Wildman–Crippen MR) is 98.2 cm³/mol. The molecule has 0 unspecified atom stereocenters. The van der Waals surface area contributed by atoms with Gasteiger partial charge in [-0.05, 0) is 35.6 Å². The first kappa shape index (κ1) is 17.3. The van der Waals surface area contributed by atoms with Gasteiger partial charge < -0.3 is 11.1 Å². The van der Waals surface area contributed by atoms with E-state index in [9.17, 15) is 0 Å². The fourth-order valence-corrected chi connectivity index (χ4v) is 2.43. The van der Waals surface area contributed by atoms with E-state index >= 15 is 0 Å². The van der Waals surface area contributed by atoms with Crippen molar-refractivity contribution in [2.24, 2.45) is 10.7 Å². The van der Waals surface area contributed by atoms with Gasteiger partial charge in [-0.1, -0.05) is 29.8 Å². The molecule has 0 saturated carbocycles. The number of nitrogens with two attached hydrogens (primary N) is 1. The molecule has 3 nitrogen and oxygen atoms in total. The number of nitrogens with one attached hydrogen (secondary N) is 1. The van der Waals surface area contributed by atoms with E-state index in [2.05, 4.69) is 27.8 Å². The van der Waals surface area contributed by atoms with Gasteiger partial charge in [-0.15, -0.1) is 35.3 Å². The molecule has 0 radical (unpaired) electrons. The lowest BCUT2D eigenvalue weighted by Gasteiger charge is -2.04. The van der Waals surface area contributed by atoms with Crippen LogP contribution in [0.2, 0.25) is 5.02 Å². The van der Waals surface area contributed by atoms with Gasteiger partial charge in [0.1, 0.15) is 0 Å². The molecule has 2 rings (SSSR count). The predicted octanol–water partition coefficient (Wildman–Crippen LogP) is 3.67. The van der Waals surface area contributed by atoms with Crippen molar-refractivity contribution in [3.8, 4) is 0 Å². The Morgan fingerprint density at radius 1 is 1.25 bits per heavy atom. The third-order valence-corrected chi connectivity index (χ3v) is 3.79. The van der Waals surface area contributed by atoms with Crippen molar-refractivity contribution in [1.29, 1.82) is 0 Å². The molecule has 0 aliphatic heterocycles. The summed E-state index contributed by atoms with van der Waals surface area (Å²) in [4.78, 5) is 5.63. The van der Waals surface area contributed by atoms with Gasteiger partial charge in [0.2, 0.25) is 0 Å². The summed E-state index contributed by atoms with van der Waals surface area (Å²) in [6.45, 7) is 1.37. The summed E-state index contributed by atoms with van der Waals surface area (Å²) in [6, 6.07) is 11.8. The van der Waals surface area contributed by atoms with Gasteiger partial charge in [0.15, 0.2) is 5.96 Å². The molecular formula is C14H17ClIN3S. The van der Waals surface area contributed by atoms with Crippen molar-refractivity contribution < 1.29 is 0 Å². The lowest BCUT2D eigenvalue weighted by Crippen LogP contribution is -2.33. The average molecular weight is 422 g/mol. The van der Waals surface area contributed by atoms with Crippen LogP contribution in [-0.4, -0.2) is 12.5 Å². The zero-order chi connectivity index (χ0) is 13.5. The van der Waals surface area contributed by atoms with Crippen molar-refractivity contribution in [2.45, 2.75) is 13.0 Å². The maximum absolute atomic E-state index is 5.82. The van der Waals surface area contributed by atoms with E-state index in [0.717, 1.165) is 23.6 Å². The van der Waals surface area contributed by atoms with Crippen molar-refractivity contribution in [2.75, 3.05) is 6.54 Å². The first-order valence-corrected chi connectivity index (χ1v) is 7.30. The molecule has 1 aromatic heterocycles. The zero-order valence-electron chi connectivity index (χ0n) is 10.9. The van der Waals surface area contributed by atoms with E-state index in [1.807, 2.05) is 24.3 Å². The van der Waals surface area contributed by atoms with Crippen LogP contribution in [0.5, 0.6) is 0 Å². The SMILES string of the molecule is I.NC(=NCc1ccc(Cl)cc1)NCCc1cccs1. The van der Waals surface area contributed by atoms with E-state index in [1.165, 1.54) is 4.88 Å². The average Bonchev–Trinajstić information content (AvgIpc) is 2.91. The van der Waals surface area contributed by atoms with Gasteiger partial charge in [-0.25, -0.2) is 4.99 Å². The zero-order valence-corrected chi connectivity index (χ0v) is 14.8. The lowest BCUT2D eigenvalue weighted by molar-refractivity contribution is 0.857. The Bertz CT molecular complexity index is 526. The van der Waals surface area contributed by atoms with Crippen LogP contribution in [0.1, 0.15) is 10.4 Å². The van der Waals surface area contributed by atoms with Crippen LogP contribution >= 0.6 is 46.9 Å². The number of rotatable bonds is 5. The third kappa shape index (κ3) is 6.11. The van der Waals surface area contributed by atoms with Gasteiger partial charge in [0, 0.05) is 16.4 Å². The molecule has 1 aromatic carbocycles. The molecule has 0 aliphatic rings.